The lowest BCUT2D eigenvalue weighted by molar-refractivity contribution is -0.122. The van der Waals surface area contributed by atoms with E-state index >= 15 is 0 Å². The highest BCUT2D eigenvalue weighted by Gasteiger charge is 2.09. The third-order valence-electron chi connectivity index (χ3n) is 2.54. The lowest BCUT2D eigenvalue weighted by Gasteiger charge is -2.13. The average Bonchev–Trinajstić information content (AvgIpc) is 2.38. The molecule has 0 bridgehead atoms. The molecule has 5 nitrogen and oxygen atoms in total. The molecule has 0 aromatic rings. The van der Waals surface area contributed by atoms with Crippen LogP contribution in [0.4, 0.5) is 0 Å². The van der Waals surface area contributed by atoms with Crippen molar-refractivity contribution in [1.82, 2.24) is 10.6 Å². The molecule has 0 rings (SSSR count). The first-order valence-corrected chi connectivity index (χ1v) is 6.80. The number of amides is 1. The first-order valence-electron chi connectivity index (χ1n) is 6.80. The second kappa shape index (κ2) is 12.8. The lowest BCUT2D eigenvalue weighted by Crippen LogP contribution is -2.42. The van der Waals surface area contributed by atoms with Crippen molar-refractivity contribution >= 4 is 5.91 Å². The minimum Gasteiger partial charge on any atom is -0.382 e. The Morgan fingerprint density at radius 2 is 1.94 bits per heavy atom. The van der Waals surface area contributed by atoms with E-state index in [1.165, 1.54) is 0 Å². The lowest BCUT2D eigenvalue weighted by atomic mass is 10.2. The number of hydrogen-bond acceptors (Lipinski definition) is 4. The van der Waals surface area contributed by atoms with Gasteiger partial charge in [0.25, 0.3) is 0 Å². The molecule has 0 aliphatic carbocycles. The highest BCUT2D eigenvalue weighted by Crippen LogP contribution is 1.91. The second-order valence-corrected chi connectivity index (χ2v) is 4.28. The Bertz CT molecular complexity index is 201. The molecule has 2 N–H and O–H groups in total. The topological polar surface area (TPSA) is 59.6 Å². The van der Waals surface area contributed by atoms with Crippen molar-refractivity contribution in [1.29, 1.82) is 0 Å². The minimum atomic E-state index is -0.119. The average molecular weight is 260 g/mol. The Morgan fingerprint density at radius 1 is 1.17 bits per heavy atom. The van der Waals surface area contributed by atoms with Crippen LogP contribution in [0.15, 0.2) is 0 Å². The second-order valence-electron chi connectivity index (χ2n) is 4.28. The number of carbonyl (C=O) groups is 1. The van der Waals surface area contributed by atoms with Gasteiger partial charge in [0.1, 0.15) is 0 Å². The summed E-state index contributed by atoms with van der Waals surface area (Å²) in [5, 5.41) is 6.07. The summed E-state index contributed by atoms with van der Waals surface area (Å²) in [4.78, 5) is 11.5. The highest BCUT2D eigenvalue weighted by molar-refractivity contribution is 5.81. The quantitative estimate of drug-likeness (QED) is 0.513. The van der Waals surface area contributed by atoms with Crippen LogP contribution in [-0.2, 0) is 14.3 Å². The Morgan fingerprint density at radius 3 is 2.61 bits per heavy atom. The summed E-state index contributed by atoms with van der Waals surface area (Å²) in [6, 6.07) is -0.119. The predicted molar refractivity (Wildman–Crippen MR) is 72.7 cm³/mol. The third-order valence-corrected chi connectivity index (χ3v) is 2.54. The maximum Gasteiger partial charge on any atom is 0.236 e. The molecule has 1 amide bonds. The molecule has 18 heavy (non-hydrogen) atoms. The number of carbonyl (C=O) groups excluding carboxylic acids is 1. The molecule has 0 spiro atoms. The smallest absolute Gasteiger partial charge is 0.236 e. The van der Waals surface area contributed by atoms with Gasteiger partial charge in [-0.3, -0.25) is 4.79 Å². The van der Waals surface area contributed by atoms with Crippen molar-refractivity contribution in [2.24, 2.45) is 0 Å². The molecule has 0 aromatic heterocycles. The molecule has 1 atom stereocenters. The van der Waals surface area contributed by atoms with Crippen molar-refractivity contribution in [3.8, 4) is 0 Å². The van der Waals surface area contributed by atoms with Crippen LogP contribution >= 0.6 is 0 Å². The van der Waals surface area contributed by atoms with Gasteiger partial charge in [-0.1, -0.05) is 6.92 Å². The van der Waals surface area contributed by atoms with Crippen LogP contribution in [-0.4, -0.2) is 52.0 Å². The van der Waals surface area contributed by atoms with Crippen LogP contribution in [0, 0.1) is 0 Å². The van der Waals surface area contributed by atoms with Gasteiger partial charge in [-0.15, -0.1) is 0 Å². The van der Waals surface area contributed by atoms with Crippen molar-refractivity contribution in [2.75, 3.05) is 40.0 Å². The summed E-state index contributed by atoms with van der Waals surface area (Å²) >= 11 is 0. The molecule has 0 aromatic carbocycles. The third kappa shape index (κ3) is 10.5. The SMILES string of the molecule is CCCNC(=O)C(C)NCCCCOCCOC. The Labute approximate surface area is 111 Å². The summed E-state index contributed by atoms with van der Waals surface area (Å²) in [5.74, 6) is 0.0770. The van der Waals surface area contributed by atoms with Crippen molar-refractivity contribution in [2.45, 2.75) is 39.2 Å². The van der Waals surface area contributed by atoms with Gasteiger partial charge in [0, 0.05) is 20.3 Å². The van der Waals surface area contributed by atoms with Crippen LogP contribution in [0.1, 0.15) is 33.1 Å². The molecule has 0 fully saturated rings. The van der Waals surface area contributed by atoms with Crippen molar-refractivity contribution in [3.05, 3.63) is 0 Å². The van der Waals surface area contributed by atoms with Crippen LogP contribution in [0.3, 0.4) is 0 Å². The number of rotatable bonds is 12. The fraction of sp³-hybridized carbons (Fsp3) is 0.923. The molecule has 0 heterocycles. The van der Waals surface area contributed by atoms with Gasteiger partial charge in [-0.2, -0.15) is 0 Å². The van der Waals surface area contributed by atoms with Gasteiger partial charge in [-0.05, 0) is 32.7 Å². The van der Waals surface area contributed by atoms with E-state index in [0.29, 0.717) is 13.2 Å². The van der Waals surface area contributed by atoms with Gasteiger partial charge < -0.3 is 20.1 Å². The minimum absolute atomic E-state index is 0.0770. The van der Waals surface area contributed by atoms with Crippen LogP contribution in [0.25, 0.3) is 0 Å². The van der Waals surface area contributed by atoms with Gasteiger partial charge in [-0.25, -0.2) is 0 Å². The maximum absolute atomic E-state index is 11.5. The first-order chi connectivity index (χ1) is 8.72. The van der Waals surface area contributed by atoms with E-state index in [9.17, 15) is 4.79 Å². The Balaban J connectivity index is 3.29. The highest BCUT2D eigenvalue weighted by atomic mass is 16.5. The predicted octanol–water partition coefficient (Wildman–Crippen LogP) is 0.934. The fourth-order valence-corrected chi connectivity index (χ4v) is 1.39. The zero-order valence-corrected chi connectivity index (χ0v) is 12.0. The monoisotopic (exact) mass is 260 g/mol. The van der Waals surface area contributed by atoms with E-state index < -0.39 is 0 Å². The van der Waals surface area contributed by atoms with E-state index in [1.807, 2.05) is 13.8 Å². The fourth-order valence-electron chi connectivity index (χ4n) is 1.39. The van der Waals surface area contributed by atoms with Crippen LogP contribution in [0.5, 0.6) is 0 Å². The first kappa shape index (κ1) is 17.4. The summed E-state index contributed by atoms with van der Waals surface area (Å²) in [6.45, 7) is 7.57. The Hall–Kier alpha value is -0.650. The summed E-state index contributed by atoms with van der Waals surface area (Å²) < 4.78 is 10.2. The molecule has 1 unspecified atom stereocenters. The Kier molecular flexibility index (Phi) is 12.3. The molecule has 0 aliphatic rings. The molecular formula is C13H28N2O3. The van der Waals surface area contributed by atoms with Crippen LogP contribution in [0.2, 0.25) is 0 Å². The summed E-state index contributed by atoms with van der Waals surface area (Å²) in [5.41, 5.74) is 0. The van der Waals surface area contributed by atoms with Crippen molar-refractivity contribution in [3.63, 3.8) is 0 Å². The van der Waals surface area contributed by atoms with E-state index in [1.54, 1.807) is 7.11 Å². The number of methoxy groups -OCH3 is 1. The van der Waals surface area contributed by atoms with Gasteiger partial charge in [0.15, 0.2) is 0 Å². The van der Waals surface area contributed by atoms with Crippen LogP contribution < -0.4 is 10.6 Å². The summed E-state index contributed by atoms with van der Waals surface area (Å²) in [7, 11) is 1.66. The number of ether oxygens (including phenoxy) is 2. The van der Waals surface area contributed by atoms with E-state index in [2.05, 4.69) is 10.6 Å². The van der Waals surface area contributed by atoms with E-state index in [-0.39, 0.29) is 11.9 Å². The molecule has 0 saturated heterocycles. The summed E-state index contributed by atoms with van der Waals surface area (Å²) in [6.07, 6.45) is 2.98. The van der Waals surface area contributed by atoms with Crippen molar-refractivity contribution < 1.29 is 14.3 Å². The number of unbranched alkanes of at least 4 members (excludes halogenated alkanes) is 1. The van der Waals surface area contributed by atoms with E-state index in [4.69, 9.17) is 9.47 Å². The molecule has 108 valence electrons. The van der Waals surface area contributed by atoms with E-state index in [0.717, 1.165) is 39.0 Å². The van der Waals surface area contributed by atoms with Gasteiger partial charge in [0.05, 0.1) is 19.3 Å². The molecular weight excluding hydrogens is 232 g/mol. The zero-order chi connectivity index (χ0) is 13.6. The number of hydrogen-bond donors (Lipinski definition) is 2. The van der Waals surface area contributed by atoms with Gasteiger partial charge >= 0.3 is 0 Å². The largest absolute Gasteiger partial charge is 0.382 e. The van der Waals surface area contributed by atoms with Gasteiger partial charge in [0.2, 0.25) is 5.91 Å². The molecule has 0 saturated carbocycles. The molecule has 0 aliphatic heterocycles. The number of nitrogens with one attached hydrogen (secondary N) is 2. The standard InChI is InChI=1S/C13H28N2O3/c1-4-7-15-13(16)12(2)14-8-5-6-9-18-11-10-17-3/h12,14H,4-11H2,1-3H3,(H,15,16). The zero-order valence-electron chi connectivity index (χ0n) is 12.0. The molecule has 5 heteroatoms. The maximum atomic E-state index is 11.5. The normalized spacial score (nSPS) is 12.4. The molecule has 0 radical (unpaired) electrons.